The van der Waals surface area contributed by atoms with E-state index < -0.39 is 11.5 Å². The lowest BCUT2D eigenvalue weighted by atomic mass is 9.60. The molecule has 0 aromatic heterocycles. The van der Waals surface area contributed by atoms with Crippen molar-refractivity contribution >= 4 is 23.3 Å². The Morgan fingerprint density at radius 2 is 1.78 bits per heavy atom. The Morgan fingerprint density at radius 3 is 2.44 bits per heavy atom. The SMILES string of the molecule is CC1c2ccccc2C2(CCC(Nc3cccc(Cl)c3)(C(=O)O)CC2)C1C. The van der Waals surface area contributed by atoms with Gasteiger partial charge in [-0.15, -0.1) is 0 Å². The first-order chi connectivity index (χ1) is 12.9. The van der Waals surface area contributed by atoms with Gasteiger partial charge in [-0.2, -0.15) is 0 Å². The maximum Gasteiger partial charge on any atom is 0.329 e. The molecule has 1 saturated carbocycles. The third kappa shape index (κ3) is 2.84. The van der Waals surface area contributed by atoms with Crippen LogP contribution >= 0.6 is 11.6 Å². The van der Waals surface area contributed by atoms with E-state index in [0.717, 1.165) is 18.5 Å². The second-order valence-corrected chi connectivity index (χ2v) is 8.78. The molecule has 0 amide bonds. The van der Waals surface area contributed by atoms with Crippen LogP contribution in [0.4, 0.5) is 5.69 Å². The zero-order valence-electron chi connectivity index (χ0n) is 15.8. The van der Waals surface area contributed by atoms with Crippen molar-refractivity contribution in [3.05, 3.63) is 64.7 Å². The molecule has 2 aliphatic rings. The maximum atomic E-state index is 12.3. The Hall–Kier alpha value is -2.00. The van der Waals surface area contributed by atoms with Gasteiger partial charge in [0.1, 0.15) is 5.54 Å². The molecule has 2 aliphatic carbocycles. The molecule has 4 rings (SSSR count). The fraction of sp³-hybridized carbons (Fsp3) is 0.435. The summed E-state index contributed by atoms with van der Waals surface area (Å²) in [5.74, 6) is 0.261. The van der Waals surface area contributed by atoms with Gasteiger partial charge in [-0.25, -0.2) is 4.79 Å². The highest BCUT2D eigenvalue weighted by atomic mass is 35.5. The molecule has 0 radical (unpaired) electrons. The van der Waals surface area contributed by atoms with E-state index in [1.165, 1.54) is 11.1 Å². The van der Waals surface area contributed by atoms with Crippen LogP contribution in [0.3, 0.4) is 0 Å². The summed E-state index contributed by atoms with van der Waals surface area (Å²) in [6.45, 7) is 4.64. The number of hydrogen-bond donors (Lipinski definition) is 2. The fourth-order valence-corrected chi connectivity index (χ4v) is 5.61. The van der Waals surface area contributed by atoms with Gasteiger partial charge < -0.3 is 10.4 Å². The van der Waals surface area contributed by atoms with Gasteiger partial charge in [0.15, 0.2) is 0 Å². The molecule has 0 heterocycles. The summed E-state index contributed by atoms with van der Waals surface area (Å²) in [5.41, 5.74) is 2.80. The first-order valence-electron chi connectivity index (χ1n) is 9.75. The number of carboxylic acid groups (broad SMARTS) is 1. The Kier molecular flexibility index (Phi) is 4.46. The van der Waals surface area contributed by atoms with Gasteiger partial charge in [-0.1, -0.05) is 55.8 Å². The average Bonchev–Trinajstić information content (AvgIpc) is 2.86. The summed E-state index contributed by atoms with van der Waals surface area (Å²) in [5, 5.41) is 14.0. The molecule has 2 N–H and O–H groups in total. The monoisotopic (exact) mass is 383 g/mol. The van der Waals surface area contributed by atoms with Crippen molar-refractivity contribution in [2.45, 2.75) is 56.4 Å². The van der Waals surface area contributed by atoms with Crippen molar-refractivity contribution in [2.75, 3.05) is 5.32 Å². The highest BCUT2D eigenvalue weighted by Gasteiger charge is 2.54. The smallest absolute Gasteiger partial charge is 0.329 e. The van der Waals surface area contributed by atoms with Gasteiger partial charge in [0.05, 0.1) is 0 Å². The molecular formula is C23H26ClNO2. The summed E-state index contributed by atoms with van der Waals surface area (Å²) >= 11 is 6.09. The number of carboxylic acids is 1. The first kappa shape index (κ1) is 18.4. The molecular weight excluding hydrogens is 358 g/mol. The largest absolute Gasteiger partial charge is 0.480 e. The maximum absolute atomic E-state index is 12.3. The van der Waals surface area contributed by atoms with Gasteiger partial charge in [0.2, 0.25) is 0 Å². The summed E-state index contributed by atoms with van der Waals surface area (Å²) in [6.07, 6.45) is 2.99. The van der Waals surface area contributed by atoms with Crippen LogP contribution in [-0.2, 0) is 10.2 Å². The van der Waals surface area contributed by atoms with Crippen LogP contribution in [0.15, 0.2) is 48.5 Å². The average molecular weight is 384 g/mol. The molecule has 0 bridgehead atoms. The van der Waals surface area contributed by atoms with E-state index >= 15 is 0 Å². The van der Waals surface area contributed by atoms with E-state index in [9.17, 15) is 9.90 Å². The van der Waals surface area contributed by atoms with Crippen LogP contribution in [-0.4, -0.2) is 16.6 Å². The third-order valence-corrected chi connectivity index (χ3v) is 7.46. The number of aliphatic carboxylic acids is 1. The highest BCUT2D eigenvalue weighted by molar-refractivity contribution is 6.30. The van der Waals surface area contributed by atoms with Crippen LogP contribution in [0.5, 0.6) is 0 Å². The van der Waals surface area contributed by atoms with Crippen LogP contribution in [0.25, 0.3) is 0 Å². The summed E-state index contributed by atoms with van der Waals surface area (Å²) in [7, 11) is 0. The Balaban J connectivity index is 1.64. The van der Waals surface area contributed by atoms with Gasteiger partial charge >= 0.3 is 5.97 Å². The van der Waals surface area contributed by atoms with Crippen LogP contribution in [0.1, 0.15) is 56.6 Å². The molecule has 4 heteroatoms. The van der Waals surface area contributed by atoms with Crippen molar-refractivity contribution in [3.63, 3.8) is 0 Å². The third-order valence-electron chi connectivity index (χ3n) is 7.22. The molecule has 0 saturated heterocycles. The molecule has 142 valence electrons. The predicted octanol–water partition coefficient (Wildman–Crippen LogP) is 5.84. The van der Waals surface area contributed by atoms with Crippen molar-refractivity contribution in [2.24, 2.45) is 5.92 Å². The number of carbonyl (C=O) groups is 1. The number of hydrogen-bond acceptors (Lipinski definition) is 2. The zero-order chi connectivity index (χ0) is 19.2. The minimum atomic E-state index is -0.934. The number of nitrogens with one attached hydrogen (secondary N) is 1. The summed E-state index contributed by atoms with van der Waals surface area (Å²) in [6, 6.07) is 16.1. The van der Waals surface area contributed by atoms with Gasteiger partial charge in [0, 0.05) is 10.7 Å². The Morgan fingerprint density at radius 1 is 1.07 bits per heavy atom. The van der Waals surface area contributed by atoms with Crippen LogP contribution in [0, 0.1) is 5.92 Å². The number of halogens is 1. The molecule has 2 atom stereocenters. The van der Waals surface area contributed by atoms with Gasteiger partial charge in [-0.05, 0) is 72.3 Å². The number of fused-ring (bicyclic) bond motifs is 2. The Bertz CT molecular complexity index is 870. The lowest BCUT2D eigenvalue weighted by molar-refractivity contribution is -0.144. The predicted molar refractivity (Wildman–Crippen MR) is 110 cm³/mol. The molecule has 2 unspecified atom stereocenters. The molecule has 3 nitrogen and oxygen atoms in total. The molecule has 1 spiro atoms. The fourth-order valence-electron chi connectivity index (χ4n) is 5.42. The topological polar surface area (TPSA) is 49.3 Å². The lowest BCUT2D eigenvalue weighted by Crippen LogP contribution is -2.52. The first-order valence-corrected chi connectivity index (χ1v) is 10.1. The second-order valence-electron chi connectivity index (χ2n) is 8.34. The van der Waals surface area contributed by atoms with E-state index in [2.05, 4.69) is 43.4 Å². The van der Waals surface area contributed by atoms with Gasteiger partial charge in [0.25, 0.3) is 0 Å². The van der Waals surface area contributed by atoms with Crippen molar-refractivity contribution in [3.8, 4) is 0 Å². The van der Waals surface area contributed by atoms with Crippen molar-refractivity contribution in [1.29, 1.82) is 0 Å². The Labute approximate surface area is 165 Å². The van der Waals surface area contributed by atoms with Crippen LogP contribution < -0.4 is 5.32 Å². The molecule has 2 aromatic carbocycles. The van der Waals surface area contributed by atoms with Gasteiger partial charge in [-0.3, -0.25) is 0 Å². The summed E-state index contributed by atoms with van der Waals surface area (Å²) in [4.78, 5) is 12.3. The normalized spacial score (nSPS) is 32.3. The molecule has 1 fully saturated rings. The molecule has 27 heavy (non-hydrogen) atoms. The molecule has 2 aromatic rings. The number of rotatable bonds is 3. The standard InChI is InChI=1S/C23H26ClNO2/c1-15-16(2)22(20-9-4-3-8-19(15)20)10-12-23(13-11-22,21(26)27)25-18-7-5-6-17(24)14-18/h3-9,14-16,25H,10-13H2,1-2H3,(H,26,27). The summed E-state index contributed by atoms with van der Waals surface area (Å²) < 4.78 is 0. The van der Waals surface area contributed by atoms with E-state index in [1.54, 1.807) is 12.1 Å². The number of anilines is 1. The van der Waals surface area contributed by atoms with Crippen molar-refractivity contribution in [1.82, 2.24) is 0 Å². The second kappa shape index (κ2) is 6.56. The molecule has 0 aliphatic heterocycles. The quantitative estimate of drug-likeness (QED) is 0.699. The number of benzene rings is 2. The zero-order valence-corrected chi connectivity index (χ0v) is 16.6. The van der Waals surface area contributed by atoms with Crippen LogP contribution in [0.2, 0.25) is 5.02 Å². The lowest BCUT2D eigenvalue weighted by Gasteiger charge is -2.46. The van der Waals surface area contributed by atoms with E-state index in [0.29, 0.717) is 29.7 Å². The highest BCUT2D eigenvalue weighted by Crippen LogP contribution is 2.58. The van der Waals surface area contributed by atoms with Crippen molar-refractivity contribution < 1.29 is 9.90 Å². The van der Waals surface area contributed by atoms with E-state index in [1.807, 2.05) is 12.1 Å². The minimum absolute atomic E-state index is 0.0883. The van der Waals surface area contributed by atoms with E-state index in [-0.39, 0.29) is 5.41 Å². The minimum Gasteiger partial charge on any atom is -0.480 e. The van der Waals surface area contributed by atoms with E-state index in [4.69, 9.17) is 11.6 Å².